The molecule has 0 saturated carbocycles. The van der Waals surface area contributed by atoms with E-state index in [9.17, 15) is 19.2 Å². The maximum Gasteiger partial charge on any atom is 0.408 e. The topological polar surface area (TPSA) is 102 Å². The molecule has 1 saturated heterocycles. The summed E-state index contributed by atoms with van der Waals surface area (Å²) in [5.74, 6) is -1.92. The normalized spacial score (nSPS) is 15.8. The first-order valence-corrected chi connectivity index (χ1v) is 7.56. The highest BCUT2D eigenvalue weighted by Crippen LogP contribution is 2.15. The van der Waals surface area contributed by atoms with Gasteiger partial charge >= 0.3 is 12.1 Å². The summed E-state index contributed by atoms with van der Waals surface area (Å²) < 4.78 is 5.11. The molecule has 0 aromatic carbocycles. The number of hydrogen-bond donors (Lipinski definition) is 1. The Kier molecular flexibility index (Phi) is 7.89. The minimum absolute atomic E-state index is 0. The number of imide groups is 1. The smallest absolute Gasteiger partial charge is 0.408 e. The van der Waals surface area contributed by atoms with Crippen LogP contribution in [0.5, 0.6) is 0 Å². The highest BCUT2D eigenvalue weighted by Gasteiger charge is 2.35. The zero-order chi connectivity index (χ0) is 17.8. The fourth-order valence-electron chi connectivity index (χ4n) is 1.95. The number of carbonyl (C=O) groups excluding carboxylic acids is 4. The van der Waals surface area contributed by atoms with Crippen molar-refractivity contribution in [3.63, 3.8) is 0 Å². The Morgan fingerprint density at radius 1 is 1.17 bits per heavy atom. The van der Waals surface area contributed by atoms with Gasteiger partial charge in [0.05, 0.1) is 0 Å². The highest BCUT2D eigenvalue weighted by atomic mass is 16.7. The molecule has 1 atom stereocenters. The van der Waals surface area contributed by atoms with Crippen LogP contribution >= 0.6 is 0 Å². The third kappa shape index (κ3) is 6.97. The van der Waals surface area contributed by atoms with E-state index in [-0.39, 0.29) is 32.6 Å². The molecular weight excluding hydrogens is 316 g/mol. The first-order valence-electron chi connectivity index (χ1n) is 7.56. The van der Waals surface area contributed by atoms with E-state index in [2.05, 4.69) is 5.32 Å². The van der Waals surface area contributed by atoms with Crippen LogP contribution in [0.3, 0.4) is 0 Å². The molecule has 24 heavy (non-hydrogen) atoms. The Balaban J connectivity index is 0.00000529. The van der Waals surface area contributed by atoms with E-state index in [1.54, 1.807) is 20.8 Å². The molecule has 0 aliphatic carbocycles. The first kappa shape index (κ1) is 21.9. The molecule has 1 N–H and O–H groups in total. The molecule has 138 valence electrons. The number of amides is 3. The molecule has 0 aromatic rings. The first-order chi connectivity index (χ1) is 10.5. The lowest BCUT2D eigenvalue weighted by Crippen LogP contribution is -2.47. The SMILES string of the molecule is C.CC(C)CC(NC(=O)OC(C)(C)C)C(=O)ON1C(=O)CCC1=O. The van der Waals surface area contributed by atoms with Crippen LogP contribution in [0.2, 0.25) is 0 Å². The van der Waals surface area contributed by atoms with E-state index in [0.717, 1.165) is 0 Å². The van der Waals surface area contributed by atoms with Crippen LogP contribution in [0.1, 0.15) is 61.3 Å². The second-order valence-corrected chi connectivity index (χ2v) is 6.82. The van der Waals surface area contributed by atoms with Crippen molar-refractivity contribution in [1.82, 2.24) is 10.4 Å². The zero-order valence-corrected chi connectivity index (χ0v) is 14.2. The fraction of sp³-hybridized carbons (Fsp3) is 0.750. The lowest BCUT2D eigenvalue weighted by Gasteiger charge is -2.24. The maximum absolute atomic E-state index is 12.2. The van der Waals surface area contributed by atoms with Crippen molar-refractivity contribution in [2.45, 2.75) is 73.0 Å². The largest absolute Gasteiger partial charge is 0.444 e. The van der Waals surface area contributed by atoms with Crippen molar-refractivity contribution >= 4 is 23.9 Å². The average Bonchev–Trinajstić information content (AvgIpc) is 2.66. The molecule has 1 fully saturated rings. The lowest BCUT2D eigenvalue weighted by atomic mass is 10.0. The average molecular weight is 344 g/mol. The van der Waals surface area contributed by atoms with Gasteiger partial charge in [0.15, 0.2) is 0 Å². The Morgan fingerprint density at radius 2 is 1.67 bits per heavy atom. The van der Waals surface area contributed by atoms with Gasteiger partial charge in [0.2, 0.25) is 0 Å². The standard InChI is InChI=1S/C15H24N2O6.CH4/c1-9(2)8-10(16-14(21)22-15(3,4)5)13(20)23-17-11(18)6-7-12(17)19;/h9-10H,6-8H2,1-5H3,(H,16,21);1H4. The molecule has 1 aliphatic heterocycles. The number of nitrogens with zero attached hydrogens (tertiary/aromatic N) is 1. The number of alkyl carbamates (subject to hydrolysis) is 1. The van der Waals surface area contributed by atoms with Gasteiger partial charge in [-0.1, -0.05) is 21.3 Å². The van der Waals surface area contributed by atoms with Crippen LogP contribution in [-0.2, 0) is 24.0 Å². The van der Waals surface area contributed by atoms with E-state index in [4.69, 9.17) is 9.57 Å². The number of hydrogen-bond acceptors (Lipinski definition) is 6. The predicted octanol–water partition coefficient (Wildman–Crippen LogP) is 2.17. The molecule has 0 aromatic heterocycles. The molecular formula is C16H28N2O6. The van der Waals surface area contributed by atoms with Gasteiger partial charge in [-0.2, -0.15) is 0 Å². The quantitative estimate of drug-likeness (QED) is 0.767. The minimum Gasteiger partial charge on any atom is -0.444 e. The number of carbonyl (C=O) groups is 4. The van der Waals surface area contributed by atoms with Crippen molar-refractivity contribution in [2.75, 3.05) is 0 Å². The van der Waals surface area contributed by atoms with Crippen LogP contribution in [-0.4, -0.2) is 40.6 Å². The van der Waals surface area contributed by atoms with Crippen molar-refractivity contribution < 1.29 is 28.8 Å². The van der Waals surface area contributed by atoms with Crippen molar-refractivity contribution in [2.24, 2.45) is 5.92 Å². The van der Waals surface area contributed by atoms with E-state index >= 15 is 0 Å². The molecule has 8 nitrogen and oxygen atoms in total. The number of ether oxygens (including phenoxy) is 1. The van der Waals surface area contributed by atoms with Gasteiger partial charge in [-0.3, -0.25) is 9.59 Å². The van der Waals surface area contributed by atoms with Crippen LogP contribution in [0, 0.1) is 5.92 Å². The summed E-state index contributed by atoms with van der Waals surface area (Å²) >= 11 is 0. The second kappa shape index (κ2) is 8.65. The second-order valence-electron chi connectivity index (χ2n) is 6.82. The van der Waals surface area contributed by atoms with Crippen molar-refractivity contribution in [3.8, 4) is 0 Å². The van der Waals surface area contributed by atoms with Gasteiger partial charge in [-0.05, 0) is 33.1 Å². The van der Waals surface area contributed by atoms with E-state index in [1.165, 1.54) is 0 Å². The van der Waals surface area contributed by atoms with Gasteiger partial charge in [0, 0.05) is 12.8 Å². The fourth-order valence-corrected chi connectivity index (χ4v) is 1.95. The van der Waals surface area contributed by atoms with Crippen molar-refractivity contribution in [1.29, 1.82) is 0 Å². The van der Waals surface area contributed by atoms with Crippen LogP contribution in [0.25, 0.3) is 0 Å². The van der Waals surface area contributed by atoms with Crippen LogP contribution in [0.4, 0.5) is 4.79 Å². The minimum atomic E-state index is -1.01. The summed E-state index contributed by atoms with van der Waals surface area (Å²) in [6.07, 6.45) is -0.450. The van der Waals surface area contributed by atoms with Crippen LogP contribution in [0.15, 0.2) is 0 Å². The van der Waals surface area contributed by atoms with E-state index in [0.29, 0.717) is 5.06 Å². The summed E-state index contributed by atoms with van der Waals surface area (Å²) in [6.45, 7) is 8.82. The number of hydroxylamine groups is 2. The Hall–Kier alpha value is -2.12. The summed E-state index contributed by atoms with van der Waals surface area (Å²) in [4.78, 5) is 51.9. The Morgan fingerprint density at radius 3 is 2.08 bits per heavy atom. The summed E-state index contributed by atoms with van der Waals surface area (Å²) in [5.41, 5.74) is -0.711. The van der Waals surface area contributed by atoms with Gasteiger partial charge in [-0.15, -0.1) is 5.06 Å². The molecule has 1 unspecified atom stereocenters. The summed E-state index contributed by atoms with van der Waals surface area (Å²) in [7, 11) is 0. The van der Waals surface area contributed by atoms with Gasteiger partial charge < -0.3 is 14.9 Å². The van der Waals surface area contributed by atoms with Gasteiger partial charge in [0.25, 0.3) is 11.8 Å². The molecule has 8 heteroatoms. The zero-order valence-electron chi connectivity index (χ0n) is 14.2. The molecule has 0 spiro atoms. The number of nitrogens with one attached hydrogen (secondary N) is 1. The van der Waals surface area contributed by atoms with Gasteiger partial charge in [-0.25, -0.2) is 9.59 Å². The number of rotatable bonds is 5. The van der Waals surface area contributed by atoms with E-state index < -0.39 is 35.5 Å². The predicted molar refractivity (Wildman–Crippen MR) is 86.5 cm³/mol. The molecule has 1 aliphatic rings. The van der Waals surface area contributed by atoms with Crippen LogP contribution < -0.4 is 5.32 Å². The summed E-state index contributed by atoms with van der Waals surface area (Å²) in [6, 6.07) is -1.01. The van der Waals surface area contributed by atoms with Gasteiger partial charge in [0.1, 0.15) is 11.6 Å². The molecule has 1 rings (SSSR count). The Bertz CT molecular complexity index is 479. The monoisotopic (exact) mass is 344 g/mol. The van der Waals surface area contributed by atoms with Crippen molar-refractivity contribution in [3.05, 3.63) is 0 Å². The third-order valence-electron chi connectivity index (χ3n) is 2.87. The highest BCUT2D eigenvalue weighted by molar-refractivity contribution is 6.01. The molecule has 1 heterocycles. The molecule has 0 radical (unpaired) electrons. The maximum atomic E-state index is 12.2. The van der Waals surface area contributed by atoms with E-state index in [1.807, 2.05) is 13.8 Å². The molecule has 3 amide bonds. The summed E-state index contributed by atoms with van der Waals surface area (Å²) in [5, 5.41) is 2.89. The third-order valence-corrected chi connectivity index (χ3v) is 2.87. The molecule has 0 bridgehead atoms. The lowest BCUT2D eigenvalue weighted by molar-refractivity contribution is -0.199. The Labute approximate surface area is 142 Å².